The number of alkyl halides is 3. The molecule has 1 aromatic carbocycles. The third-order valence-electron chi connectivity index (χ3n) is 3.12. The molecule has 0 aromatic heterocycles. The topological polar surface area (TPSA) is 43.1 Å². The number of hydrogen-bond donors (Lipinski definition) is 1. The summed E-state index contributed by atoms with van der Waals surface area (Å²) in [5.74, 6) is -1.76. The van der Waals surface area contributed by atoms with Gasteiger partial charge in [0.05, 0.1) is 4.47 Å². The van der Waals surface area contributed by atoms with Gasteiger partial charge in [-0.2, -0.15) is 13.2 Å². The zero-order valence-corrected chi connectivity index (χ0v) is 11.2. The highest BCUT2D eigenvalue weighted by molar-refractivity contribution is 9.10. The molecule has 1 aromatic rings. The maximum Gasteiger partial charge on any atom is 0.413 e. The molecule has 7 heteroatoms. The van der Waals surface area contributed by atoms with Gasteiger partial charge >= 0.3 is 6.18 Å². The first-order valence-corrected chi connectivity index (χ1v) is 6.02. The van der Waals surface area contributed by atoms with E-state index in [1.165, 1.54) is 6.92 Å². The van der Waals surface area contributed by atoms with E-state index in [1.54, 1.807) is 0 Å². The largest absolute Gasteiger partial charge is 0.413 e. The van der Waals surface area contributed by atoms with E-state index in [9.17, 15) is 22.4 Å². The Bertz CT molecular complexity index is 619. The van der Waals surface area contributed by atoms with E-state index in [0.29, 0.717) is 0 Å². The average molecular weight is 338 g/mol. The van der Waals surface area contributed by atoms with Crippen molar-refractivity contribution in [1.82, 2.24) is 0 Å². The van der Waals surface area contributed by atoms with E-state index in [-0.39, 0.29) is 26.7 Å². The molecule has 0 saturated carbocycles. The van der Waals surface area contributed by atoms with Crippen LogP contribution in [0.25, 0.3) is 5.57 Å². The second-order valence-corrected chi connectivity index (χ2v) is 5.01. The molecule has 1 amide bonds. The minimum Gasteiger partial charge on any atom is -0.366 e. The van der Waals surface area contributed by atoms with Crippen LogP contribution in [-0.2, 0) is 6.42 Å². The molecular weight excluding hydrogens is 330 g/mol. The molecule has 0 unspecified atom stereocenters. The number of allylic oxidation sites excluding steroid dienone is 2. The van der Waals surface area contributed by atoms with Gasteiger partial charge in [-0.25, -0.2) is 4.39 Å². The molecule has 1 aliphatic carbocycles. The highest BCUT2D eigenvalue weighted by atomic mass is 79.9. The zero-order chi connectivity index (χ0) is 14.5. The summed E-state index contributed by atoms with van der Waals surface area (Å²) in [5, 5.41) is 0. The van der Waals surface area contributed by atoms with Gasteiger partial charge in [0.1, 0.15) is 5.82 Å². The van der Waals surface area contributed by atoms with E-state index in [2.05, 4.69) is 15.9 Å². The second-order valence-electron chi connectivity index (χ2n) is 4.22. The summed E-state index contributed by atoms with van der Waals surface area (Å²) in [7, 11) is 0. The SMILES string of the molecule is CC1=C(C(F)(F)F)Cc2c(C(N)=O)cc(F)c(Br)c21. The van der Waals surface area contributed by atoms with E-state index in [1.807, 2.05) is 0 Å². The molecule has 0 radical (unpaired) electrons. The smallest absolute Gasteiger partial charge is 0.366 e. The summed E-state index contributed by atoms with van der Waals surface area (Å²) in [5.41, 5.74) is 4.19. The fourth-order valence-corrected chi connectivity index (χ4v) is 2.88. The molecule has 2 N–H and O–H groups in total. The summed E-state index contributed by atoms with van der Waals surface area (Å²) >= 11 is 2.92. The number of nitrogens with two attached hydrogens (primary N) is 1. The van der Waals surface area contributed by atoms with Crippen molar-refractivity contribution >= 4 is 27.4 Å². The van der Waals surface area contributed by atoms with Gasteiger partial charge in [-0.15, -0.1) is 0 Å². The van der Waals surface area contributed by atoms with Crippen molar-refractivity contribution in [3.05, 3.63) is 38.6 Å². The third-order valence-corrected chi connectivity index (χ3v) is 3.89. The Hall–Kier alpha value is -1.37. The number of fused-ring (bicyclic) bond motifs is 1. The van der Waals surface area contributed by atoms with E-state index >= 15 is 0 Å². The average Bonchev–Trinajstić information content (AvgIpc) is 2.61. The molecule has 0 spiro atoms. The standard InChI is InChI=1S/C12H8BrF4NO/c1-4-7(12(15,16)17)2-5-6(11(18)19)3-8(14)10(13)9(4)5/h3H,2H2,1H3,(H2,18,19). The van der Waals surface area contributed by atoms with Crippen LogP contribution in [0.5, 0.6) is 0 Å². The van der Waals surface area contributed by atoms with Gasteiger partial charge in [-0.05, 0) is 45.6 Å². The van der Waals surface area contributed by atoms with Crippen LogP contribution in [0, 0.1) is 5.82 Å². The lowest BCUT2D eigenvalue weighted by atomic mass is 10.00. The predicted octanol–water partition coefficient (Wildman–Crippen LogP) is 3.58. The van der Waals surface area contributed by atoms with Crippen LogP contribution in [0.1, 0.15) is 28.4 Å². The van der Waals surface area contributed by atoms with Crippen molar-refractivity contribution in [2.45, 2.75) is 19.5 Å². The Balaban J connectivity index is 2.74. The van der Waals surface area contributed by atoms with Crippen LogP contribution in [0.4, 0.5) is 17.6 Å². The minimum atomic E-state index is -4.52. The fourth-order valence-electron chi connectivity index (χ4n) is 2.23. The summed E-state index contributed by atoms with van der Waals surface area (Å²) < 4.78 is 52.1. The molecule has 102 valence electrons. The quantitative estimate of drug-likeness (QED) is 0.782. The monoisotopic (exact) mass is 337 g/mol. The number of carbonyl (C=O) groups excluding carboxylic acids is 1. The van der Waals surface area contributed by atoms with Crippen LogP contribution in [-0.4, -0.2) is 12.1 Å². The van der Waals surface area contributed by atoms with Gasteiger partial charge < -0.3 is 5.73 Å². The van der Waals surface area contributed by atoms with E-state index < -0.39 is 29.9 Å². The van der Waals surface area contributed by atoms with Gasteiger partial charge in [-0.3, -0.25) is 4.79 Å². The van der Waals surface area contributed by atoms with Gasteiger partial charge in [0, 0.05) is 17.6 Å². The lowest BCUT2D eigenvalue weighted by molar-refractivity contribution is -0.0921. The maximum absolute atomic E-state index is 13.6. The Kier molecular flexibility index (Phi) is 3.20. The van der Waals surface area contributed by atoms with Gasteiger partial charge in [0.15, 0.2) is 0 Å². The van der Waals surface area contributed by atoms with Crippen LogP contribution in [0.3, 0.4) is 0 Å². The van der Waals surface area contributed by atoms with Crippen LogP contribution >= 0.6 is 15.9 Å². The molecule has 0 fully saturated rings. The van der Waals surface area contributed by atoms with Crippen LogP contribution in [0.15, 0.2) is 16.1 Å². The van der Waals surface area contributed by atoms with Crippen molar-refractivity contribution in [3.8, 4) is 0 Å². The fraction of sp³-hybridized carbons (Fsp3) is 0.250. The molecule has 0 bridgehead atoms. The predicted molar refractivity (Wildman–Crippen MR) is 65.0 cm³/mol. The molecule has 0 atom stereocenters. The molecule has 2 rings (SSSR count). The molecule has 1 aliphatic rings. The number of amides is 1. The highest BCUT2D eigenvalue weighted by Crippen LogP contribution is 2.45. The first kappa shape index (κ1) is 14.0. The number of benzene rings is 1. The molecule has 2 nitrogen and oxygen atoms in total. The molecule has 19 heavy (non-hydrogen) atoms. The Morgan fingerprint density at radius 2 is 2.00 bits per heavy atom. The van der Waals surface area contributed by atoms with Crippen LogP contribution in [0.2, 0.25) is 0 Å². The Labute approximate surface area is 114 Å². The van der Waals surface area contributed by atoms with Crippen molar-refractivity contribution in [2.75, 3.05) is 0 Å². The zero-order valence-electron chi connectivity index (χ0n) is 9.66. The normalized spacial score (nSPS) is 14.8. The summed E-state index contributed by atoms with van der Waals surface area (Å²) in [6, 6.07) is 0.859. The van der Waals surface area contributed by atoms with E-state index in [0.717, 1.165) is 6.07 Å². The molecular formula is C12H8BrF4NO. The lowest BCUT2D eigenvalue weighted by Gasteiger charge is -2.09. The Morgan fingerprint density at radius 3 is 2.47 bits per heavy atom. The summed E-state index contributed by atoms with van der Waals surface area (Å²) in [6.07, 6.45) is -4.99. The van der Waals surface area contributed by atoms with E-state index in [4.69, 9.17) is 5.73 Å². The van der Waals surface area contributed by atoms with Crippen molar-refractivity contribution in [3.63, 3.8) is 0 Å². The van der Waals surface area contributed by atoms with Crippen molar-refractivity contribution < 1.29 is 22.4 Å². The number of halogens is 5. The van der Waals surface area contributed by atoms with Gasteiger partial charge in [0.25, 0.3) is 0 Å². The van der Waals surface area contributed by atoms with Gasteiger partial charge in [0.2, 0.25) is 5.91 Å². The third kappa shape index (κ3) is 2.16. The highest BCUT2D eigenvalue weighted by Gasteiger charge is 2.41. The number of primary amides is 1. The Morgan fingerprint density at radius 1 is 1.42 bits per heavy atom. The van der Waals surface area contributed by atoms with Gasteiger partial charge in [-0.1, -0.05) is 0 Å². The summed E-state index contributed by atoms with van der Waals surface area (Å²) in [4.78, 5) is 11.2. The second kappa shape index (κ2) is 4.33. The lowest BCUT2D eigenvalue weighted by Crippen LogP contribution is -2.16. The molecule has 0 saturated heterocycles. The first-order valence-electron chi connectivity index (χ1n) is 5.22. The summed E-state index contributed by atoms with van der Waals surface area (Å²) in [6.45, 7) is 1.25. The minimum absolute atomic E-state index is 0.0705. The number of rotatable bonds is 1. The van der Waals surface area contributed by atoms with Crippen molar-refractivity contribution in [2.24, 2.45) is 5.73 Å². The maximum atomic E-state index is 13.6. The molecule has 0 heterocycles. The van der Waals surface area contributed by atoms with Crippen molar-refractivity contribution in [1.29, 1.82) is 0 Å². The van der Waals surface area contributed by atoms with Crippen LogP contribution < -0.4 is 5.73 Å². The number of carbonyl (C=O) groups is 1. The number of hydrogen-bond acceptors (Lipinski definition) is 1. The molecule has 0 aliphatic heterocycles. The first-order chi connectivity index (χ1) is 8.64.